The molecule has 6 atom stereocenters. The predicted octanol–water partition coefficient (Wildman–Crippen LogP) is 11.2. The zero-order chi connectivity index (χ0) is 31.8. The van der Waals surface area contributed by atoms with Crippen molar-refractivity contribution in [1.82, 2.24) is 0 Å². The van der Waals surface area contributed by atoms with Crippen LogP contribution in [0.5, 0.6) is 5.75 Å². The minimum Gasteiger partial charge on any atom is -0.508 e. The average Bonchev–Trinajstić information content (AvgIpc) is 3.27. The van der Waals surface area contributed by atoms with Gasteiger partial charge in [0, 0.05) is 6.42 Å². The lowest BCUT2D eigenvalue weighted by atomic mass is 9.52. The number of hydrogen-bond acceptors (Lipinski definition) is 3. The summed E-state index contributed by atoms with van der Waals surface area (Å²) in [6.45, 7) is 2.34. The Morgan fingerprint density at radius 1 is 0.818 bits per heavy atom. The monoisotopic (exact) mass is 646 g/mol. The first-order valence-corrected chi connectivity index (χ1v) is 18.6. The molecule has 252 valence electrons. The number of fused-ring (bicyclic) bond motifs is 5. The molecular weight excluding hydrogens is 591 g/mol. The summed E-state index contributed by atoms with van der Waals surface area (Å²) in [5.41, 5.74) is 2.88. The van der Waals surface area contributed by atoms with Crippen molar-refractivity contribution in [2.45, 2.75) is 153 Å². The van der Waals surface area contributed by atoms with Crippen LogP contribution in [0.15, 0.2) is 18.2 Å². The number of aliphatic hydroxyl groups is 1. The third-order valence-corrected chi connectivity index (χ3v) is 12.5. The fourth-order valence-corrected chi connectivity index (χ4v) is 9.83. The molecule has 0 spiro atoms. The number of aromatic hydroxyl groups is 1. The second kappa shape index (κ2) is 16.2. The predicted molar refractivity (Wildman–Crippen MR) is 171 cm³/mol. The molecule has 1 aromatic carbocycles. The van der Waals surface area contributed by atoms with E-state index in [0.717, 1.165) is 57.1 Å². The van der Waals surface area contributed by atoms with Crippen molar-refractivity contribution in [3.05, 3.63) is 29.3 Å². The van der Waals surface area contributed by atoms with E-state index in [2.05, 4.69) is 13.0 Å². The number of unbranched alkanes of at least 4 members (excludes halogenated alkanes) is 10. The van der Waals surface area contributed by atoms with E-state index in [9.17, 15) is 32.2 Å². The molecule has 8 heteroatoms. The van der Waals surface area contributed by atoms with Crippen LogP contribution >= 0.6 is 11.8 Å². The first kappa shape index (κ1) is 35.8. The number of aliphatic hydroxyl groups excluding tert-OH is 1. The Kier molecular flexibility index (Phi) is 13.2. The van der Waals surface area contributed by atoms with E-state index in [0.29, 0.717) is 35.2 Å². The minimum atomic E-state index is -5.43. The Balaban J connectivity index is 1.04. The van der Waals surface area contributed by atoms with Crippen molar-refractivity contribution in [3.63, 3.8) is 0 Å². The van der Waals surface area contributed by atoms with E-state index in [4.69, 9.17) is 0 Å². The van der Waals surface area contributed by atoms with Crippen LogP contribution in [0.1, 0.15) is 140 Å². The molecule has 0 saturated heterocycles. The summed E-state index contributed by atoms with van der Waals surface area (Å²) in [6.07, 6.45) is 13.2. The van der Waals surface area contributed by atoms with Crippen LogP contribution in [-0.4, -0.2) is 39.9 Å². The molecule has 44 heavy (non-hydrogen) atoms. The molecule has 2 N–H and O–H groups in total. The molecule has 2 nitrogen and oxygen atoms in total. The molecule has 4 unspecified atom stereocenters. The smallest absolute Gasteiger partial charge is 0.453 e. The van der Waals surface area contributed by atoms with Gasteiger partial charge in [0.15, 0.2) is 0 Å². The van der Waals surface area contributed by atoms with Crippen LogP contribution in [-0.2, 0) is 6.42 Å². The van der Waals surface area contributed by atoms with Gasteiger partial charge in [-0.2, -0.15) is 33.7 Å². The number of thioether (sulfide) groups is 1. The van der Waals surface area contributed by atoms with Crippen molar-refractivity contribution in [1.29, 1.82) is 0 Å². The molecule has 0 bridgehead atoms. The molecule has 2 fully saturated rings. The van der Waals surface area contributed by atoms with Crippen molar-refractivity contribution < 1.29 is 32.2 Å². The van der Waals surface area contributed by atoms with Gasteiger partial charge in [-0.3, -0.25) is 0 Å². The van der Waals surface area contributed by atoms with Gasteiger partial charge in [-0.1, -0.05) is 77.2 Å². The number of phenolic OH excluding ortho intramolecular Hbond substituents is 1. The number of hydrogen-bond donors (Lipinski definition) is 2. The topological polar surface area (TPSA) is 40.5 Å². The van der Waals surface area contributed by atoms with E-state index in [1.165, 1.54) is 80.7 Å². The first-order valence-electron chi connectivity index (χ1n) is 17.5. The Morgan fingerprint density at radius 2 is 1.43 bits per heavy atom. The van der Waals surface area contributed by atoms with Crippen LogP contribution in [0, 0.1) is 23.2 Å². The summed E-state index contributed by atoms with van der Waals surface area (Å²) in [5.74, 6) is -0.532. The summed E-state index contributed by atoms with van der Waals surface area (Å²) >= 11 is 1.48. The van der Waals surface area contributed by atoms with Crippen LogP contribution in [0.3, 0.4) is 0 Å². The maximum Gasteiger partial charge on any atom is 0.453 e. The molecule has 0 aromatic heterocycles. The van der Waals surface area contributed by atoms with Crippen LogP contribution in [0.4, 0.5) is 22.0 Å². The highest BCUT2D eigenvalue weighted by atomic mass is 32.2. The lowest BCUT2D eigenvalue weighted by Gasteiger charge is -2.53. The second-order valence-corrected chi connectivity index (χ2v) is 15.6. The highest BCUT2D eigenvalue weighted by molar-refractivity contribution is 7.99. The molecule has 3 aliphatic rings. The van der Waals surface area contributed by atoms with Crippen molar-refractivity contribution >= 4 is 11.8 Å². The van der Waals surface area contributed by atoms with Gasteiger partial charge < -0.3 is 10.2 Å². The Labute approximate surface area is 266 Å². The lowest BCUT2D eigenvalue weighted by Crippen LogP contribution is -2.47. The SMILES string of the molecule is C[C@]12CCC3c4ccc(O)cc4CC(CCCCCCCCCCCCCSCCCC(F)(F)C(F)(F)F)C3C1CC[C@@H]2O. The van der Waals surface area contributed by atoms with Gasteiger partial charge in [0.1, 0.15) is 5.75 Å². The van der Waals surface area contributed by atoms with Gasteiger partial charge in [0.25, 0.3) is 0 Å². The normalized spacial score (nSPS) is 28.5. The maximum atomic E-state index is 12.9. The zero-order valence-corrected chi connectivity index (χ0v) is 27.5. The van der Waals surface area contributed by atoms with Crippen LogP contribution in [0.2, 0.25) is 0 Å². The first-order chi connectivity index (χ1) is 20.9. The molecule has 2 saturated carbocycles. The molecule has 0 aliphatic heterocycles. The Hall–Kier alpha value is -1.02. The van der Waals surface area contributed by atoms with E-state index in [-0.39, 0.29) is 17.9 Å². The third kappa shape index (κ3) is 9.07. The number of alkyl halides is 5. The molecule has 0 radical (unpaired) electrons. The summed E-state index contributed by atoms with van der Waals surface area (Å²) in [4.78, 5) is 0. The highest BCUT2D eigenvalue weighted by Gasteiger charge is 2.57. The van der Waals surface area contributed by atoms with Crippen LogP contribution in [0.25, 0.3) is 0 Å². The van der Waals surface area contributed by atoms with Gasteiger partial charge in [-0.25, -0.2) is 0 Å². The number of benzene rings is 1. The summed E-state index contributed by atoms with van der Waals surface area (Å²) in [5, 5.41) is 21.1. The number of phenols is 1. The van der Waals surface area contributed by atoms with Gasteiger partial charge in [-0.15, -0.1) is 0 Å². The van der Waals surface area contributed by atoms with E-state index >= 15 is 0 Å². The molecule has 0 heterocycles. The third-order valence-electron chi connectivity index (χ3n) is 11.4. The van der Waals surface area contributed by atoms with Crippen molar-refractivity contribution in [2.75, 3.05) is 11.5 Å². The summed E-state index contributed by atoms with van der Waals surface area (Å²) < 4.78 is 62.3. The molecule has 0 amide bonds. The summed E-state index contributed by atoms with van der Waals surface area (Å²) in [7, 11) is 0. The fourth-order valence-electron chi connectivity index (χ4n) is 8.87. The second-order valence-electron chi connectivity index (χ2n) is 14.4. The van der Waals surface area contributed by atoms with Gasteiger partial charge in [0.05, 0.1) is 6.10 Å². The van der Waals surface area contributed by atoms with Crippen molar-refractivity contribution in [3.8, 4) is 5.75 Å². The fraction of sp³-hybridized carbons (Fsp3) is 0.833. The van der Waals surface area contributed by atoms with Gasteiger partial charge in [-0.05, 0) is 115 Å². The lowest BCUT2D eigenvalue weighted by molar-refractivity contribution is -0.284. The van der Waals surface area contributed by atoms with Gasteiger partial charge >= 0.3 is 12.1 Å². The number of rotatable bonds is 18. The standard InChI is InChI=1S/C36H55F5O2S/c1-34-21-19-30-29-16-15-28(42)25-27(29)24-26(33(30)31(34)17-18-32(34)43)14-11-9-7-5-3-2-4-6-8-10-12-22-44-23-13-20-35(37,38)36(39,40)41/h15-16,25-26,30-33,42-43H,2-14,17-24H2,1H3/t26?,30?,31?,32-,33?,34-/m0/s1. The van der Waals surface area contributed by atoms with E-state index in [1.54, 1.807) is 0 Å². The minimum absolute atomic E-state index is 0.0673. The number of halogens is 5. The van der Waals surface area contributed by atoms with E-state index < -0.39 is 18.5 Å². The summed E-state index contributed by atoms with van der Waals surface area (Å²) in [6, 6.07) is 6.04. The van der Waals surface area contributed by atoms with Gasteiger partial charge in [0.2, 0.25) is 0 Å². The zero-order valence-electron chi connectivity index (χ0n) is 26.7. The molecule has 3 aliphatic carbocycles. The average molecular weight is 647 g/mol. The quantitative estimate of drug-likeness (QED) is 0.123. The highest BCUT2D eigenvalue weighted by Crippen LogP contribution is 2.62. The van der Waals surface area contributed by atoms with Crippen molar-refractivity contribution in [2.24, 2.45) is 23.2 Å². The molecule has 4 rings (SSSR count). The Bertz CT molecular complexity index is 1020. The van der Waals surface area contributed by atoms with Crippen LogP contribution < -0.4 is 0 Å². The molecule has 1 aromatic rings. The molecular formula is C36H55F5O2S. The van der Waals surface area contributed by atoms with E-state index in [1.807, 2.05) is 12.1 Å². The maximum absolute atomic E-state index is 12.9. The largest absolute Gasteiger partial charge is 0.508 e. The Morgan fingerprint density at radius 3 is 2.09 bits per heavy atom.